The topological polar surface area (TPSA) is 154 Å². The number of aryl methyl sites for hydroxylation is 1. The van der Waals surface area contributed by atoms with Crippen molar-refractivity contribution < 1.29 is 27.9 Å². The van der Waals surface area contributed by atoms with Crippen molar-refractivity contribution in [2.24, 2.45) is 17.2 Å². The van der Waals surface area contributed by atoms with Crippen LogP contribution >= 0.6 is 11.3 Å². The molecule has 0 saturated carbocycles. The first-order valence-electron chi connectivity index (χ1n) is 4.65. The van der Waals surface area contributed by atoms with Crippen molar-refractivity contribution in [2.45, 2.75) is 4.34 Å². The van der Waals surface area contributed by atoms with Gasteiger partial charge in [0.1, 0.15) is 6.61 Å². The Hall–Kier alpha value is -1.63. The van der Waals surface area contributed by atoms with Gasteiger partial charge in [-0.15, -0.1) is 5.10 Å². The fraction of sp³-hybridized carbons (Fsp3) is 0.429. The first-order chi connectivity index (χ1) is 8.74. The van der Waals surface area contributed by atoms with Crippen LogP contribution in [0.1, 0.15) is 0 Å². The number of aliphatic hydroxyl groups is 1. The molecule has 1 amide bonds. The molecule has 0 bridgehead atoms. The predicted octanol–water partition coefficient (Wildman–Crippen LogP) is -2.91. The van der Waals surface area contributed by atoms with E-state index in [1.165, 1.54) is 7.05 Å². The maximum atomic E-state index is 11.3. The molecule has 19 heavy (non-hydrogen) atoms. The van der Waals surface area contributed by atoms with E-state index in [1.54, 1.807) is 0 Å². The maximum absolute atomic E-state index is 11.3. The van der Waals surface area contributed by atoms with Gasteiger partial charge in [0.15, 0.2) is 6.61 Å². The van der Waals surface area contributed by atoms with Crippen LogP contribution in [0, 0.1) is 0 Å². The standard InChI is InChI=1S/C7H10N4O6S2/c1-11-6(18-7(10-11)19(8,15)16)9-4(13)3-17-5(14)2-12/h12H,2-3H2,1H3,(H2,8,15,16). The van der Waals surface area contributed by atoms with Crippen molar-refractivity contribution in [3.8, 4) is 0 Å². The van der Waals surface area contributed by atoms with Crippen molar-refractivity contribution in [3.05, 3.63) is 4.80 Å². The smallest absolute Gasteiger partial charge is 0.332 e. The summed E-state index contributed by atoms with van der Waals surface area (Å²) in [5.74, 6) is -1.80. The van der Waals surface area contributed by atoms with Gasteiger partial charge in [-0.1, -0.05) is 11.3 Å². The number of nitrogens with two attached hydrogens (primary N) is 1. The second kappa shape index (κ2) is 6.01. The lowest BCUT2D eigenvalue weighted by atomic mass is 10.6. The molecule has 0 radical (unpaired) electrons. The molecule has 106 valence electrons. The Kier molecular flexibility index (Phi) is 4.88. The third kappa shape index (κ3) is 4.51. The predicted molar refractivity (Wildman–Crippen MR) is 61.1 cm³/mol. The fourth-order valence-electron chi connectivity index (χ4n) is 0.867. The average molecular weight is 310 g/mol. The Labute approximate surface area is 111 Å². The number of ether oxygens (including phenoxy) is 1. The van der Waals surface area contributed by atoms with Crippen LogP contribution in [0.25, 0.3) is 0 Å². The Balaban J connectivity index is 2.91. The molecule has 3 N–H and O–H groups in total. The number of hydrogen-bond acceptors (Lipinski definition) is 8. The van der Waals surface area contributed by atoms with Crippen molar-refractivity contribution in [1.82, 2.24) is 9.78 Å². The van der Waals surface area contributed by atoms with Gasteiger partial charge in [-0.2, -0.15) is 4.99 Å². The SMILES string of the molecule is Cn1nc(S(N)(=O)=O)sc1=NC(=O)COC(=O)CO. The van der Waals surface area contributed by atoms with E-state index in [1.807, 2.05) is 0 Å². The van der Waals surface area contributed by atoms with E-state index in [9.17, 15) is 18.0 Å². The summed E-state index contributed by atoms with van der Waals surface area (Å²) in [5.41, 5.74) is 0. The van der Waals surface area contributed by atoms with Gasteiger partial charge < -0.3 is 9.84 Å². The molecule has 0 aliphatic rings. The summed E-state index contributed by atoms with van der Waals surface area (Å²) >= 11 is 0.596. The molecule has 0 atom stereocenters. The minimum absolute atomic E-state index is 0.0194. The van der Waals surface area contributed by atoms with Gasteiger partial charge in [-0.3, -0.25) is 4.79 Å². The number of aromatic nitrogens is 2. The lowest BCUT2D eigenvalue weighted by Crippen LogP contribution is -2.19. The first-order valence-corrected chi connectivity index (χ1v) is 7.01. The average Bonchev–Trinajstić information content (AvgIpc) is 2.67. The molecule has 1 heterocycles. The van der Waals surface area contributed by atoms with E-state index < -0.39 is 39.5 Å². The zero-order chi connectivity index (χ0) is 14.6. The van der Waals surface area contributed by atoms with Gasteiger partial charge in [0.05, 0.1) is 0 Å². The van der Waals surface area contributed by atoms with Crippen LogP contribution in [0.4, 0.5) is 0 Å². The molecule has 1 aromatic heterocycles. The van der Waals surface area contributed by atoms with Gasteiger partial charge in [0, 0.05) is 7.05 Å². The van der Waals surface area contributed by atoms with E-state index in [-0.39, 0.29) is 4.80 Å². The zero-order valence-corrected chi connectivity index (χ0v) is 11.3. The third-order valence-corrected chi connectivity index (χ3v) is 3.95. The third-order valence-electron chi connectivity index (χ3n) is 1.64. The van der Waals surface area contributed by atoms with Crippen LogP contribution in [-0.2, 0) is 31.4 Å². The first kappa shape index (κ1) is 15.4. The van der Waals surface area contributed by atoms with Gasteiger partial charge >= 0.3 is 5.97 Å². The number of aliphatic hydroxyl groups excluding tert-OH is 1. The molecule has 12 heteroatoms. The number of rotatable bonds is 4. The number of amides is 1. The molecule has 0 aliphatic carbocycles. The largest absolute Gasteiger partial charge is 0.454 e. The minimum Gasteiger partial charge on any atom is -0.454 e. The van der Waals surface area contributed by atoms with Crippen LogP contribution in [0.15, 0.2) is 9.33 Å². The second-order valence-corrected chi connectivity index (χ2v) is 5.83. The highest BCUT2D eigenvalue weighted by Gasteiger charge is 2.15. The molecule has 0 aliphatic heterocycles. The summed E-state index contributed by atoms with van der Waals surface area (Å²) < 4.78 is 27.0. The fourth-order valence-corrected chi connectivity index (χ4v) is 2.43. The Morgan fingerprint density at radius 2 is 2.21 bits per heavy atom. The summed E-state index contributed by atoms with van der Waals surface area (Å²) in [5, 5.41) is 16.8. The summed E-state index contributed by atoms with van der Waals surface area (Å²) in [7, 11) is -2.60. The number of nitrogens with zero attached hydrogens (tertiary/aromatic N) is 3. The van der Waals surface area contributed by atoms with Crippen LogP contribution in [0.5, 0.6) is 0 Å². The molecule has 1 rings (SSSR count). The van der Waals surface area contributed by atoms with Crippen molar-refractivity contribution >= 4 is 33.2 Å². The van der Waals surface area contributed by atoms with Crippen LogP contribution in [-0.4, -0.2) is 48.4 Å². The van der Waals surface area contributed by atoms with Gasteiger partial charge in [-0.25, -0.2) is 23.0 Å². The molecule has 0 unspecified atom stereocenters. The summed E-state index contributed by atoms with van der Waals surface area (Å²) in [6.45, 7) is -1.51. The molecule has 10 nitrogen and oxygen atoms in total. The van der Waals surface area contributed by atoms with Crippen LogP contribution in [0.2, 0.25) is 0 Å². The monoisotopic (exact) mass is 310 g/mol. The maximum Gasteiger partial charge on any atom is 0.332 e. The van der Waals surface area contributed by atoms with E-state index in [0.29, 0.717) is 11.3 Å². The Morgan fingerprint density at radius 3 is 2.68 bits per heavy atom. The Morgan fingerprint density at radius 1 is 1.58 bits per heavy atom. The molecular weight excluding hydrogens is 300 g/mol. The van der Waals surface area contributed by atoms with Crippen molar-refractivity contribution in [2.75, 3.05) is 13.2 Å². The van der Waals surface area contributed by atoms with Crippen molar-refractivity contribution in [3.63, 3.8) is 0 Å². The molecule has 0 spiro atoms. The summed E-state index contributed by atoms with van der Waals surface area (Å²) in [6.07, 6.45) is 0. The van der Waals surface area contributed by atoms with Crippen LogP contribution in [0.3, 0.4) is 0 Å². The number of primary sulfonamides is 1. The van der Waals surface area contributed by atoms with E-state index >= 15 is 0 Å². The van der Waals surface area contributed by atoms with Gasteiger partial charge in [-0.05, 0) is 0 Å². The number of esters is 1. The summed E-state index contributed by atoms with van der Waals surface area (Å²) in [4.78, 5) is 25.4. The number of carbonyl (C=O) groups is 2. The van der Waals surface area contributed by atoms with Crippen molar-refractivity contribution in [1.29, 1.82) is 0 Å². The summed E-state index contributed by atoms with van der Waals surface area (Å²) in [6, 6.07) is 0. The zero-order valence-electron chi connectivity index (χ0n) is 9.64. The molecule has 0 saturated heterocycles. The normalized spacial score (nSPS) is 12.5. The van der Waals surface area contributed by atoms with E-state index in [4.69, 9.17) is 10.2 Å². The minimum atomic E-state index is -3.97. The molecule has 0 aromatic carbocycles. The highest BCUT2D eigenvalue weighted by atomic mass is 32.2. The van der Waals surface area contributed by atoms with Gasteiger partial charge in [0.2, 0.25) is 9.14 Å². The highest BCUT2D eigenvalue weighted by Crippen LogP contribution is 2.04. The lowest BCUT2D eigenvalue weighted by Gasteiger charge is -1.97. The quantitative estimate of drug-likeness (QED) is 0.565. The molecular formula is C7H10N4O6S2. The van der Waals surface area contributed by atoms with E-state index in [2.05, 4.69) is 14.8 Å². The highest BCUT2D eigenvalue weighted by molar-refractivity contribution is 7.91. The number of sulfonamides is 1. The number of carbonyl (C=O) groups excluding carboxylic acids is 2. The van der Waals surface area contributed by atoms with E-state index in [0.717, 1.165) is 4.68 Å². The Bertz CT molecular complexity index is 657. The number of hydrogen-bond donors (Lipinski definition) is 2. The molecule has 0 fully saturated rings. The lowest BCUT2D eigenvalue weighted by molar-refractivity contribution is -0.150. The molecule has 1 aromatic rings. The van der Waals surface area contributed by atoms with Crippen LogP contribution < -0.4 is 9.94 Å². The second-order valence-electron chi connectivity index (χ2n) is 3.14. The van der Waals surface area contributed by atoms with Gasteiger partial charge in [0.25, 0.3) is 15.9 Å².